The number of hydrogen-bond acceptors (Lipinski definition) is 6. The van der Waals surface area contributed by atoms with Crippen LogP contribution in [0.1, 0.15) is 61.8 Å². The van der Waals surface area contributed by atoms with E-state index in [2.05, 4.69) is 4.90 Å². The number of morpholine rings is 1. The van der Waals surface area contributed by atoms with Gasteiger partial charge in [-0.2, -0.15) is 18.4 Å². The molecule has 0 radical (unpaired) electrons. The molecule has 1 aromatic carbocycles. The normalized spacial score (nSPS) is 23.1. The number of alkyl halides is 3. The zero-order valence-electron chi connectivity index (χ0n) is 21.3. The molecule has 8 nitrogen and oxygen atoms in total. The summed E-state index contributed by atoms with van der Waals surface area (Å²) >= 11 is 0. The van der Waals surface area contributed by atoms with Crippen molar-refractivity contribution < 1.29 is 32.9 Å². The van der Waals surface area contributed by atoms with E-state index in [0.717, 1.165) is 42.5 Å². The third kappa shape index (κ3) is 4.64. The van der Waals surface area contributed by atoms with Crippen LogP contribution in [0.5, 0.6) is 11.8 Å². The Morgan fingerprint density at radius 2 is 1.70 bits per heavy atom. The summed E-state index contributed by atoms with van der Waals surface area (Å²) in [4.78, 5) is 15.5. The molecule has 0 unspecified atom stereocenters. The summed E-state index contributed by atoms with van der Waals surface area (Å²) in [5, 5.41) is 31.5. The fourth-order valence-corrected chi connectivity index (χ4v) is 5.70. The Morgan fingerprint density at radius 1 is 1.11 bits per heavy atom. The van der Waals surface area contributed by atoms with Gasteiger partial charge in [-0.1, -0.05) is 6.42 Å². The van der Waals surface area contributed by atoms with Crippen molar-refractivity contribution in [3.63, 3.8) is 0 Å². The molecule has 2 N–H and O–H groups in total. The van der Waals surface area contributed by atoms with Gasteiger partial charge in [-0.15, -0.1) is 0 Å². The number of halogens is 3. The van der Waals surface area contributed by atoms with E-state index < -0.39 is 28.5 Å². The van der Waals surface area contributed by atoms with Gasteiger partial charge < -0.3 is 19.8 Å². The molecule has 2 aliphatic rings. The summed E-state index contributed by atoms with van der Waals surface area (Å²) in [6, 6.07) is 4.57. The fraction of sp³-hybridized carbons (Fsp3) is 0.538. The van der Waals surface area contributed by atoms with Crippen LogP contribution in [0.2, 0.25) is 0 Å². The van der Waals surface area contributed by atoms with Crippen LogP contribution in [-0.4, -0.2) is 64.2 Å². The Labute approximate surface area is 213 Å². The van der Waals surface area contributed by atoms with Crippen molar-refractivity contribution in [3.8, 4) is 23.5 Å². The van der Waals surface area contributed by atoms with Crippen LogP contribution in [0, 0.1) is 11.3 Å². The molecular formula is C26H31F3N4O4. The fourth-order valence-electron chi connectivity index (χ4n) is 5.70. The van der Waals surface area contributed by atoms with Crippen molar-refractivity contribution in [2.45, 2.75) is 56.9 Å². The Bertz CT molecular complexity index is 1220. The Kier molecular flexibility index (Phi) is 6.71. The lowest BCUT2D eigenvalue weighted by molar-refractivity contribution is -0.186. The minimum atomic E-state index is -4.78. The molecule has 1 saturated heterocycles. The topological polar surface area (TPSA) is 102 Å². The van der Waals surface area contributed by atoms with Gasteiger partial charge in [0.2, 0.25) is 17.7 Å². The second-order valence-electron chi connectivity index (χ2n) is 10.4. The number of carbonyl (C=O) groups is 1. The van der Waals surface area contributed by atoms with Gasteiger partial charge >= 0.3 is 6.18 Å². The number of fused-ring (bicyclic) bond motifs is 5. The largest absolute Gasteiger partial charge is 0.494 e. The van der Waals surface area contributed by atoms with Crippen LogP contribution in [0.15, 0.2) is 18.2 Å². The number of aromatic nitrogens is 1. The average molecular weight is 521 g/mol. The molecule has 2 aliphatic heterocycles. The molecular weight excluding hydrogens is 489 g/mol. The zero-order valence-corrected chi connectivity index (χ0v) is 21.3. The van der Waals surface area contributed by atoms with Crippen molar-refractivity contribution in [1.82, 2.24) is 14.4 Å². The smallest absolute Gasteiger partial charge is 0.417 e. The van der Waals surface area contributed by atoms with Crippen molar-refractivity contribution in [1.29, 1.82) is 5.26 Å². The first-order chi connectivity index (χ1) is 17.2. The van der Waals surface area contributed by atoms with Crippen LogP contribution in [0.3, 0.4) is 0 Å². The lowest BCUT2D eigenvalue weighted by Gasteiger charge is -2.44. The maximum Gasteiger partial charge on any atom is 0.417 e. The highest BCUT2D eigenvalue weighted by atomic mass is 19.4. The minimum Gasteiger partial charge on any atom is -0.494 e. The van der Waals surface area contributed by atoms with Crippen molar-refractivity contribution in [2.24, 2.45) is 0 Å². The van der Waals surface area contributed by atoms with E-state index in [4.69, 9.17) is 10.00 Å². The highest BCUT2D eigenvalue weighted by molar-refractivity contribution is 5.75. The molecule has 0 spiro atoms. The van der Waals surface area contributed by atoms with Gasteiger partial charge in [-0.25, -0.2) is 0 Å². The zero-order chi connectivity index (χ0) is 27.3. The Balaban J connectivity index is 1.59. The summed E-state index contributed by atoms with van der Waals surface area (Å²) in [6.45, 7) is 5.17. The lowest BCUT2D eigenvalue weighted by atomic mass is 9.94. The molecule has 1 fully saturated rings. The number of nitrogens with zero attached hydrogens (tertiary/aromatic N) is 4. The number of ether oxygens (including phenoxy) is 1. The first-order valence-corrected chi connectivity index (χ1v) is 12.1. The number of unbranched alkanes of at least 4 members (excludes halogenated alkanes) is 2. The third-order valence-corrected chi connectivity index (χ3v) is 7.23. The van der Waals surface area contributed by atoms with Crippen LogP contribution >= 0.6 is 0 Å². The summed E-state index contributed by atoms with van der Waals surface area (Å²) in [6.07, 6.45) is -1.76. The number of hydrogen-bond donors (Lipinski definition) is 2. The molecule has 1 amide bonds. The van der Waals surface area contributed by atoms with E-state index >= 15 is 0 Å². The summed E-state index contributed by atoms with van der Waals surface area (Å²) < 4.78 is 47.9. The molecule has 11 heteroatoms. The molecule has 0 aliphatic carbocycles. The van der Waals surface area contributed by atoms with E-state index in [1.54, 1.807) is 32.8 Å². The van der Waals surface area contributed by atoms with E-state index in [-0.39, 0.29) is 23.4 Å². The van der Waals surface area contributed by atoms with Crippen molar-refractivity contribution in [3.05, 3.63) is 40.5 Å². The predicted molar refractivity (Wildman–Crippen MR) is 128 cm³/mol. The molecule has 3 heterocycles. The first kappa shape index (κ1) is 26.8. The summed E-state index contributed by atoms with van der Waals surface area (Å²) in [5.41, 5.74) is -3.08. The molecule has 2 atom stereocenters. The highest BCUT2D eigenvalue weighted by Crippen LogP contribution is 2.59. The monoisotopic (exact) mass is 520 g/mol. The van der Waals surface area contributed by atoms with E-state index in [1.807, 2.05) is 0 Å². The van der Waals surface area contributed by atoms with Gasteiger partial charge in [0, 0.05) is 33.6 Å². The maximum absolute atomic E-state index is 13.5. The molecule has 200 valence electrons. The molecule has 1 aromatic heterocycles. The second kappa shape index (κ2) is 9.26. The van der Waals surface area contributed by atoms with Gasteiger partial charge in [0.1, 0.15) is 11.2 Å². The quantitative estimate of drug-likeness (QED) is 0.531. The van der Waals surface area contributed by atoms with Gasteiger partial charge in [-0.05, 0) is 51.4 Å². The van der Waals surface area contributed by atoms with E-state index in [9.17, 15) is 28.2 Å². The summed E-state index contributed by atoms with van der Waals surface area (Å²) in [7, 11) is 3.46. The third-order valence-electron chi connectivity index (χ3n) is 7.23. The number of amides is 1. The Morgan fingerprint density at radius 3 is 2.22 bits per heavy atom. The second-order valence-corrected chi connectivity index (χ2v) is 10.4. The minimum absolute atomic E-state index is 0.0938. The molecule has 2 aromatic rings. The molecule has 2 bridgehead atoms. The van der Waals surface area contributed by atoms with Gasteiger partial charge in [0.25, 0.3) is 0 Å². The SMILES string of the molecule is CN(C)C(=O)CCCCCN1C[C@@]2(C)O[C@@](C)(C1)c1c2c(O)n(-c2ccc(C#N)c(C(F)(F)F)c2)c1O. The summed E-state index contributed by atoms with van der Waals surface area (Å²) in [5.74, 6) is -0.683. The molecule has 0 saturated carbocycles. The number of nitriles is 1. The van der Waals surface area contributed by atoms with Crippen molar-refractivity contribution in [2.75, 3.05) is 33.7 Å². The van der Waals surface area contributed by atoms with Crippen LogP contribution in [0.4, 0.5) is 13.2 Å². The number of benzene rings is 1. The van der Waals surface area contributed by atoms with Gasteiger partial charge in [0.05, 0.1) is 34.0 Å². The predicted octanol–water partition coefficient (Wildman–Crippen LogP) is 4.20. The number of carbonyl (C=O) groups excluding carboxylic acids is 1. The van der Waals surface area contributed by atoms with Crippen LogP contribution in [0.25, 0.3) is 5.69 Å². The standard InChI is InChI=1S/C26H31F3N4O4/c1-24-14-32(11-7-5-6-8-19(34)31(3)4)15-25(2,37-24)21-20(24)22(35)33(23(21)36)17-10-9-16(13-30)18(12-17)26(27,28)29/h9-10,12,35-36H,5-8,11,14-15H2,1-4H3/t24-,25+. The average Bonchev–Trinajstić information content (AvgIpc) is 3.17. The number of rotatable bonds is 7. The maximum atomic E-state index is 13.5. The lowest BCUT2D eigenvalue weighted by Crippen LogP contribution is -2.51. The van der Waals surface area contributed by atoms with Gasteiger partial charge in [-0.3, -0.25) is 14.3 Å². The first-order valence-electron chi connectivity index (χ1n) is 12.1. The van der Waals surface area contributed by atoms with Crippen LogP contribution < -0.4 is 0 Å². The molecule has 37 heavy (non-hydrogen) atoms. The van der Waals surface area contributed by atoms with E-state index in [0.29, 0.717) is 30.6 Å². The molecule has 4 rings (SSSR count). The van der Waals surface area contributed by atoms with Crippen LogP contribution in [-0.2, 0) is 26.9 Å². The van der Waals surface area contributed by atoms with E-state index in [1.165, 1.54) is 12.1 Å². The number of aromatic hydroxyl groups is 2. The highest BCUT2D eigenvalue weighted by Gasteiger charge is 2.58. The Hall–Kier alpha value is -3.23. The van der Waals surface area contributed by atoms with Crippen molar-refractivity contribution >= 4 is 5.91 Å². The van der Waals surface area contributed by atoms with Gasteiger partial charge in [0.15, 0.2) is 0 Å².